The Bertz CT molecular complexity index is 2060. The molecular formula is C36H41N6O8S-. The van der Waals surface area contributed by atoms with Gasteiger partial charge < -0.3 is 28.5 Å². The van der Waals surface area contributed by atoms with Gasteiger partial charge in [0.1, 0.15) is 29.1 Å². The molecule has 2 atom stereocenters. The third-order valence-corrected chi connectivity index (χ3v) is 7.90. The van der Waals surface area contributed by atoms with Gasteiger partial charge in [-0.25, -0.2) is 14.6 Å². The first kappa shape index (κ1) is 37.0. The first-order valence-electron chi connectivity index (χ1n) is 16.2. The van der Waals surface area contributed by atoms with E-state index in [-0.39, 0.29) is 18.2 Å². The zero-order chi connectivity index (χ0) is 37.1. The number of fused-ring (bicyclic) bond motifs is 1. The first-order valence-corrected chi connectivity index (χ1v) is 17.2. The fourth-order valence-corrected chi connectivity index (χ4v) is 5.73. The van der Waals surface area contributed by atoms with E-state index >= 15 is 0 Å². The number of alkyl carbamates (subject to hydrolysis) is 1. The summed E-state index contributed by atoms with van der Waals surface area (Å²) < 4.78 is 47.6. The molecular weight excluding hydrogens is 676 g/mol. The van der Waals surface area contributed by atoms with Gasteiger partial charge in [-0.2, -0.15) is 9.19 Å². The summed E-state index contributed by atoms with van der Waals surface area (Å²) in [4.78, 5) is 35.5. The van der Waals surface area contributed by atoms with Gasteiger partial charge in [-0.3, -0.25) is 14.5 Å². The average molecular weight is 718 g/mol. The van der Waals surface area contributed by atoms with Crippen LogP contribution in [0.4, 0.5) is 15.4 Å². The normalized spacial score (nSPS) is 13.0. The maximum atomic E-state index is 13.1. The summed E-state index contributed by atoms with van der Waals surface area (Å²) in [6.07, 6.45) is 1.97. The maximum absolute atomic E-state index is 13.1. The number of ether oxygens (including phenoxy) is 3. The van der Waals surface area contributed by atoms with Crippen LogP contribution in [-0.2, 0) is 27.2 Å². The predicted molar refractivity (Wildman–Crippen MR) is 191 cm³/mol. The van der Waals surface area contributed by atoms with Crippen LogP contribution in [0.5, 0.6) is 5.75 Å². The van der Waals surface area contributed by atoms with Gasteiger partial charge in [0, 0.05) is 16.5 Å². The zero-order valence-electron chi connectivity index (χ0n) is 29.7. The van der Waals surface area contributed by atoms with Crippen molar-refractivity contribution < 1.29 is 37.0 Å². The largest absolute Gasteiger partial charge is 0.754 e. The molecule has 270 valence electrons. The van der Waals surface area contributed by atoms with E-state index in [2.05, 4.69) is 20.7 Å². The summed E-state index contributed by atoms with van der Waals surface area (Å²) in [7, 11) is 0. The Kier molecular flexibility index (Phi) is 10.8. The number of benzene rings is 1. The molecule has 4 heterocycles. The second-order valence-electron chi connectivity index (χ2n) is 13.9. The minimum Gasteiger partial charge on any atom is -0.754 e. The Morgan fingerprint density at radius 1 is 0.980 bits per heavy atom. The lowest BCUT2D eigenvalue weighted by atomic mass is 10.0. The highest BCUT2D eigenvalue weighted by Gasteiger charge is 2.26. The summed E-state index contributed by atoms with van der Waals surface area (Å²) in [5, 5.41) is 10.3. The minimum atomic E-state index is -2.64. The molecule has 2 amide bonds. The van der Waals surface area contributed by atoms with Gasteiger partial charge in [-0.05, 0) is 85.6 Å². The van der Waals surface area contributed by atoms with E-state index in [4.69, 9.17) is 23.6 Å². The van der Waals surface area contributed by atoms with E-state index in [1.54, 1.807) is 73.6 Å². The van der Waals surface area contributed by atoms with Crippen LogP contribution in [0.15, 0.2) is 65.4 Å². The molecule has 0 bridgehead atoms. The van der Waals surface area contributed by atoms with Crippen molar-refractivity contribution in [2.75, 3.05) is 11.9 Å². The van der Waals surface area contributed by atoms with Crippen LogP contribution in [0.2, 0.25) is 0 Å². The highest BCUT2D eigenvalue weighted by molar-refractivity contribution is 7.77. The average Bonchev–Trinajstić information content (AvgIpc) is 3.61. The summed E-state index contributed by atoms with van der Waals surface area (Å²) in [6, 6.07) is 14.1. The maximum Gasteiger partial charge on any atom is 0.413 e. The molecule has 14 nitrogen and oxygen atoms in total. The fraction of sp³-hybridized carbons (Fsp3) is 0.361. The van der Waals surface area contributed by atoms with Crippen LogP contribution < -0.4 is 15.4 Å². The monoisotopic (exact) mass is 717 g/mol. The van der Waals surface area contributed by atoms with Crippen molar-refractivity contribution >= 4 is 40.2 Å². The van der Waals surface area contributed by atoms with Crippen LogP contribution in [0.3, 0.4) is 0 Å². The fourth-order valence-electron chi connectivity index (χ4n) is 5.24. The van der Waals surface area contributed by atoms with E-state index in [0.717, 1.165) is 9.65 Å². The molecule has 4 aromatic heterocycles. The van der Waals surface area contributed by atoms with Crippen LogP contribution >= 0.6 is 0 Å². The second kappa shape index (κ2) is 14.9. The Morgan fingerprint density at radius 3 is 2.29 bits per heavy atom. The summed E-state index contributed by atoms with van der Waals surface area (Å²) in [5.41, 5.74) is 2.13. The number of aryl methyl sites for hydroxylation is 2. The van der Waals surface area contributed by atoms with Crippen molar-refractivity contribution in [1.82, 2.24) is 24.5 Å². The molecule has 1 aromatic carbocycles. The van der Waals surface area contributed by atoms with Gasteiger partial charge in [0.25, 0.3) is 0 Å². The third-order valence-electron chi connectivity index (χ3n) is 7.34. The second-order valence-corrected chi connectivity index (χ2v) is 14.6. The smallest absolute Gasteiger partial charge is 0.413 e. The number of hydrogen-bond acceptors (Lipinski definition) is 11. The van der Waals surface area contributed by atoms with Gasteiger partial charge in [-0.15, -0.1) is 0 Å². The number of furan rings is 1. The standard InChI is InChI=1S/C36H42N6O8S/c1-21-26-17-28(37-19-29(26)42(41-21)51(45)46)27-18-30(32(40-34(44)50-36(6,7)8)39-31(27)25-14-15-47-22(25)2)48-20-24(16-23-12-10-9-11-13-23)38-33(43)49-35(3,4)5/h9-15,17-19,24H,16,20H2,1-8H3,(H,38,43)(H,45,46)(H,39,40,44)/p-1/t24-/m0/s1. The predicted octanol–water partition coefficient (Wildman–Crippen LogP) is 6.87. The van der Waals surface area contributed by atoms with Crippen molar-refractivity contribution in [3.8, 4) is 28.3 Å². The van der Waals surface area contributed by atoms with Crippen molar-refractivity contribution in [3.05, 3.63) is 78.0 Å². The van der Waals surface area contributed by atoms with Crippen molar-refractivity contribution in [2.24, 2.45) is 0 Å². The Hall–Kier alpha value is -5.28. The van der Waals surface area contributed by atoms with Crippen molar-refractivity contribution in [1.29, 1.82) is 0 Å². The van der Waals surface area contributed by atoms with Gasteiger partial charge in [-0.1, -0.05) is 30.3 Å². The lowest BCUT2D eigenvalue weighted by Crippen LogP contribution is -2.43. The summed E-state index contributed by atoms with van der Waals surface area (Å²) in [5.74, 6) is 0.753. The lowest BCUT2D eigenvalue weighted by Gasteiger charge is -2.25. The van der Waals surface area contributed by atoms with E-state index in [1.807, 2.05) is 30.3 Å². The van der Waals surface area contributed by atoms with Crippen LogP contribution in [-0.4, -0.2) is 64.0 Å². The number of pyridine rings is 2. The van der Waals surface area contributed by atoms with Crippen LogP contribution in [0.1, 0.15) is 58.6 Å². The topological polar surface area (TPSA) is 183 Å². The number of nitrogens with one attached hydrogen (secondary N) is 2. The molecule has 15 heteroatoms. The molecule has 0 aliphatic carbocycles. The molecule has 0 radical (unpaired) electrons. The van der Waals surface area contributed by atoms with E-state index in [9.17, 15) is 18.4 Å². The Balaban J connectivity index is 1.62. The van der Waals surface area contributed by atoms with E-state index in [1.165, 1.54) is 12.5 Å². The number of hydrogen-bond donors (Lipinski definition) is 2. The molecule has 51 heavy (non-hydrogen) atoms. The molecule has 5 aromatic rings. The zero-order valence-corrected chi connectivity index (χ0v) is 30.5. The third kappa shape index (κ3) is 9.49. The molecule has 0 saturated heterocycles. The number of nitrogens with zero attached hydrogens (tertiary/aromatic N) is 4. The quantitative estimate of drug-likeness (QED) is 0.144. The molecule has 0 aliphatic rings. The minimum absolute atomic E-state index is 0.0456. The van der Waals surface area contributed by atoms with E-state index < -0.39 is 40.7 Å². The molecule has 0 fully saturated rings. The summed E-state index contributed by atoms with van der Waals surface area (Å²) >= 11 is -2.64. The number of carbonyl (C=O) groups is 2. The van der Waals surface area contributed by atoms with Gasteiger partial charge >= 0.3 is 12.2 Å². The number of carbonyl (C=O) groups excluding carboxylic acids is 2. The Morgan fingerprint density at radius 2 is 1.67 bits per heavy atom. The molecule has 0 saturated carbocycles. The first-order chi connectivity index (χ1) is 24.0. The van der Waals surface area contributed by atoms with Gasteiger partial charge in [0.2, 0.25) is 0 Å². The molecule has 1 unspecified atom stereocenters. The number of rotatable bonds is 10. The molecule has 0 spiro atoms. The molecule has 0 aliphatic heterocycles. The van der Waals surface area contributed by atoms with Gasteiger partial charge in [0.05, 0.1) is 46.9 Å². The summed E-state index contributed by atoms with van der Waals surface area (Å²) in [6.45, 7) is 14.0. The van der Waals surface area contributed by atoms with E-state index in [0.29, 0.717) is 51.3 Å². The van der Waals surface area contributed by atoms with Crippen LogP contribution in [0.25, 0.3) is 33.4 Å². The molecule has 5 rings (SSSR count). The van der Waals surface area contributed by atoms with Crippen molar-refractivity contribution in [3.63, 3.8) is 0 Å². The number of aromatic nitrogens is 4. The molecule has 2 N–H and O–H groups in total. The number of amides is 2. The highest BCUT2D eigenvalue weighted by Crippen LogP contribution is 2.39. The number of anilines is 1. The van der Waals surface area contributed by atoms with Gasteiger partial charge in [0.15, 0.2) is 11.6 Å². The SMILES string of the molecule is Cc1occc1-c1nc(NC(=O)OC(C)(C)C)c(OC[C@H](Cc2ccccc2)NC(=O)OC(C)(C)C)cc1-c1cc2c(C)nn(S(=O)[O-])c2cn1. The van der Waals surface area contributed by atoms with Crippen molar-refractivity contribution in [2.45, 2.75) is 79.1 Å². The van der Waals surface area contributed by atoms with Crippen LogP contribution in [0, 0.1) is 13.8 Å². The highest BCUT2D eigenvalue weighted by atomic mass is 32.2. The Labute approximate surface area is 298 Å². The lowest BCUT2D eigenvalue weighted by molar-refractivity contribution is 0.0487.